The largest absolute Gasteiger partial charge is 0.354 e. The van der Waals surface area contributed by atoms with Crippen LogP contribution in [0.5, 0.6) is 0 Å². The molecule has 4 aromatic carbocycles. The first-order valence-corrected chi connectivity index (χ1v) is 20.5. The van der Waals surface area contributed by atoms with Crippen molar-refractivity contribution in [3.8, 4) is 44.5 Å². The molecule has 0 atom stereocenters. The minimum atomic E-state index is 0.637. The third-order valence-electron chi connectivity index (χ3n) is 11.4. The van der Waals surface area contributed by atoms with Crippen molar-refractivity contribution in [2.75, 3.05) is 0 Å². The van der Waals surface area contributed by atoms with Crippen LogP contribution in [0, 0.1) is 0 Å². The molecule has 0 saturated heterocycles. The van der Waals surface area contributed by atoms with E-state index < -0.39 is 0 Å². The molecule has 4 nitrogen and oxygen atoms in total. The highest BCUT2D eigenvalue weighted by Gasteiger charge is 2.29. The molecule has 9 rings (SSSR count). The van der Waals surface area contributed by atoms with Crippen LogP contribution in [0.2, 0.25) is 0 Å². The average Bonchev–Trinajstić information content (AvgIpc) is 4.10. The lowest BCUT2D eigenvalue weighted by atomic mass is 9.92. The lowest BCUT2D eigenvalue weighted by molar-refractivity contribution is 1.26. The first-order valence-electron chi connectivity index (χ1n) is 20.5. The van der Waals surface area contributed by atoms with Crippen LogP contribution in [-0.2, 0) is 0 Å². The van der Waals surface area contributed by atoms with E-state index in [2.05, 4.69) is 182 Å². The molecule has 7 aromatic rings. The second kappa shape index (κ2) is 16.7. The highest BCUT2D eigenvalue weighted by molar-refractivity contribution is 6.08. The first kappa shape index (κ1) is 38.0. The molecule has 0 spiro atoms. The fourth-order valence-corrected chi connectivity index (χ4v) is 8.82. The van der Waals surface area contributed by atoms with Crippen LogP contribution in [0.15, 0.2) is 196 Å². The molecule has 0 fully saturated rings. The number of aromatic nitrogens is 4. The van der Waals surface area contributed by atoms with E-state index in [1.54, 1.807) is 0 Å². The van der Waals surface area contributed by atoms with Crippen molar-refractivity contribution in [2.45, 2.75) is 25.7 Å². The van der Waals surface area contributed by atoms with Crippen LogP contribution in [0.1, 0.15) is 48.5 Å². The Labute approximate surface area is 352 Å². The van der Waals surface area contributed by atoms with Gasteiger partial charge in [-0.2, -0.15) is 0 Å². The van der Waals surface area contributed by atoms with E-state index >= 15 is 0 Å². The van der Waals surface area contributed by atoms with Gasteiger partial charge < -0.3 is 9.97 Å². The Hall–Kier alpha value is -7.56. The van der Waals surface area contributed by atoms with Crippen LogP contribution in [0.4, 0.5) is 0 Å². The molecule has 60 heavy (non-hydrogen) atoms. The smallest absolute Gasteiger partial charge is 0.0775 e. The minimum absolute atomic E-state index is 0.637. The van der Waals surface area contributed by atoms with E-state index in [-0.39, 0.29) is 0 Å². The topological polar surface area (TPSA) is 57.4 Å². The van der Waals surface area contributed by atoms with Gasteiger partial charge in [0.05, 0.1) is 22.8 Å². The number of rotatable bonds is 12. The summed E-state index contributed by atoms with van der Waals surface area (Å²) < 4.78 is 0. The number of H-pyrrole nitrogens is 2. The molecule has 2 aliphatic heterocycles. The number of nitrogens with one attached hydrogen (secondary N) is 2. The van der Waals surface area contributed by atoms with Crippen LogP contribution >= 0.6 is 0 Å². The van der Waals surface area contributed by atoms with Gasteiger partial charge in [0.15, 0.2) is 0 Å². The van der Waals surface area contributed by atoms with Crippen LogP contribution in [-0.4, -0.2) is 19.9 Å². The van der Waals surface area contributed by atoms with Gasteiger partial charge in [0.1, 0.15) is 0 Å². The fourth-order valence-electron chi connectivity index (χ4n) is 8.82. The van der Waals surface area contributed by atoms with Gasteiger partial charge in [-0.25, -0.2) is 9.97 Å². The van der Waals surface area contributed by atoms with Crippen molar-refractivity contribution >= 4 is 44.4 Å². The van der Waals surface area contributed by atoms with Gasteiger partial charge in [-0.05, 0) is 94.5 Å². The SMILES string of the molecule is C=CCC1=C(CC=C)c2nc1c(-c1ccccc1)c1ccc([nH]1)c(-c1ccccc1)c1nc(c(-c3ccccc3)c3ccc([nH]3)c2-c2ccccc2)C(CC=C)=C1CC=C. The Morgan fingerprint density at radius 3 is 0.733 bits per heavy atom. The third kappa shape index (κ3) is 6.82. The highest BCUT2D eigenvalue weighted by Crippen LogP contribution is 2.47. The van der Waals surface area contributed by atoms with Crippen molar-refractivity contribution in [2.24, 2.45) is 0 Å². The zero-order chi connectivity index (χ0) is 41.0. The van der Waals surface area contributed by atoms with Crippen LogP contribution in [0.3, 0.4) is 0 Å². The number of hydrogen-bond acceptors (Lipinski definition) is 2. The Kier molecular flexibility index (Phi) is 10.6. The number of aromatic amines is 2. The first-order chi connectivity index (χ1) is 29.6. The molecule has 4 heteroatoms. The van der Waals surface area contributed by atoms with Gasteiger partial charge in [-0.3, -0.25) is 0 Å². The zero-order valence-electron chi connectivity index (χ0n) is 33.7. The maximum atomic E-state index is 5.74. The standard InChI is InChI=1S/C56H46N4/c1-5-21-41-42(22-6-2)54-50(38-27-15-10-16-28-38)46-35-36-48(58-46)52(40-31-19-12-20-32-40)56-44(24-8-4)43(23-7-3)55(60-56)51(39-29-17-11-18-30-39)47-34-33-45(57-47)49(53(41)59-54)37-25-13-9-14-26-37/h5-20,25-36,57-58H,1-4,21-24H2. The van der Waals surface area contributed by atoms with Crippen LogP contribution < -0.4 is 0 Å². The normalized spacial score (nSPS) is 12.4. The molecular formula is C56H46N4. The minimum Gasteiger partial charge on any atom is -0.354 e. The maximum Gasteiger partial charge on any atom is 0.0775 e. The summed E-state index contributed by atoms with van der Waals surface area (Å²) in [6.07, 6.45) is 10.5. The molecule has 0 radical (unpaired) electrons. The number of hydrogen-bond donors (Lipinski definition) is 2. The summed E-state index contributed by atoms with van der Waals surface area (Å²) >= 11 is 0. The van der Waals surface area contributed by atoms with E-state index in [4.69, 9.17) is 9.97 Å². The maximum absolute atomic E-state index is 5.74. The lowest BCUT2D eigenvalue weighted by Crippen LogP contribution is -1.92. The molecule has 0 amide bonds. The van der Waals surface area contributed by atoms with E-state index in [1.165, 1.54) is 0 Å². The highest BCUT2D eigenvalue weighted by atomic mass is 14.8. The van der Waals surface area contributed by atoms with Gasteiger partial charge >= 0.3 is 0 Å². The van der Waals surface area contributed by atoms with Crippen molar-refractivity contribution in [1.29, 1.82) is 0 Å². The monoisotopic (exact) mass is 774 g/mol. The predicted molar refractivity (Wildman–Crippen MR) is 256 cm³/mol. The molecule has 3 aromatic heterocycles. The predicted octanol–water partition coefficient (Wildman–Crippen LogP) is 15.1. The van der Waals surface area contributed by atoms with Crippen molar-refractivity contribution in [3.63, 3.8) is 0 Å². The quantitative estimate of drug-likeness (QED) is 0.121. The third-order valence-corrected chi connectivity index (χ3v) is 11.4. The molecular weight excluding hydrogens is 729 g/mol. The number of nitrogens with zero attached hydrogens (tertiary/aromatic N) is 2. The van der Waals surface area contributed by atoms with Gasteiger partial charge in [0, 0.05) is 44.3 Å². The van der Waals surface area contributed by atoms with Gasteiger partial charge in [-0.1, -0.05) is 146 Å². The van der Waals surface area contributed by atoms with Crippen molar-refractivity contribution in [3.05, 3.63) is 219 Å². The Bertz CT molecular complexity index is 2610. The Morgan fingerprint density at radius 1 is 0.317 bits per heavy atom. The molecule has 0 aliphatic carbocycles. The van der Waals surface area contributed by atoms with Gasteiger partial charge in [0.2, 0.25) is 0 Å². The summed E-state index contributed by atoms with van der Waals surface area (Å²) in [7, 11) is 0. The summed E-state index contributed by atoms with van der Waals surface area (Å²) in [6.45, 7) is 17.0. The molecule has 290 valence electrons. The summed E-state index contributed by atoms with van der Waals surface area (Å²) in [5.74, 6) is 0. The summed E-state index contributed by atoms with van der Waals surface area (Å²) in [5.41, 5.74) is 20.3. The van der Waals surface area contributed by atoms with E-state index in [0.29, 0.717) is 25.7 Å². The Morgan fingerprint density at radius 2 is 0.533 bits per heavy atom. The van der Waals surface area contributed by atoms with E-state index in [0.717, 1.165) is 112 Å². The Balaban J connectivity index is 1.59. The average molecular weight is 775 g/mol. The van der Waals surface area contributed by atoms with Gasteiger partial charge in [0.25, 0.3) is 0 Å². The van der Waals surface area contributed by atoms with Crippen molar-refractivity contribution in [1.82, 2.24) is 19.9 Å². The molecule has 2 aliphatic rings. The second-order valence-corrected chi connectivity index (χ2v) is 15.0. The number of fused-ring (bicyclic) bond motifs is 8. The molecule has 2 N–H and O–H groups in total. The number of benzene rings is 4. The molecule has 8 bridgehead atoms. The lowest BCUT2D eigenvalue weighted by Gasteiger charge is -2.11. The molecule has 0 saturated carbocycles. The number of allylic oxidation sites excluding steroid dienone is 8. The van der Waals surface area contributed by atoms with Crippen LogP contribution in [0.25, 0.3) is 88.9 Å². The van der Waals surface area contributed by atoms with Crippen molar-refractivity contribution < 1.29 is 0 Å². The molecule has 0 unspecified atom stereocenters. The summed E-state index contributed by atoms with van der Waals surface area (Å²) in [5, 5.41) is 0. The molecule has 5 heterocycles. The summed E-state index contributed by atoms with van der Waals surface area (Å²) in [4.78, 5) is 19.4. The van der Waals surface area contributed by atoms with Gasteiger partial charge in [-0.15, -0.1) is 26.3 Å². The zero-order valence-corrected chi connectivity index (χ0v) is 33.7. The summed E-state index contributed by atoms with van der Waals surface area (Å²) in [6, 6.07) is 51.1. The van der Waals surface area contributed by atoms with E-state index in [1.807, 2.05) is 24.3 Å². The van der Waals surface area contributed by atoms with E-state index in [9.17, 15) is 0 Å². The second-order valence-electron chi connectivity index (χ2n) is 15.0. The fraction of sp³-hybridized carbons (Fsp3) is 0.0714.